The van der Waals surface area contributed by atoms with Crippen LogP contribution >= 0.6 is 0 Å². The Kier molecular flexibility index (Phi) is 40.9. The van der Waals surface area contributed by atoms with Crippen LogP contribution in [0.15, 0.2) is 0 Å². The lowest BCUT2D eigenvalue weighted by atomic mass is 9.87. The number of carbonyl (C=O) groups excluding carboxylic acids is 4. The van der Waals surface area contributed by atoms with Gasteiger partial charge in [-0.1, -0.05) is 182 Å². The van der Waals surface area contributed by atoms with Crippen molar-refractivity contribution >= 4 is 23.9 Å². The van der Waals surface area contributed by atoms with Gasteiger partial charge in [0, 0.05) is 32.0 Å². The molecular weight excluding hydrogens is 939 g/mol. The number of piperidine rings is 1. The molecule has 11 heteroatoms. The van der Waals surface area contributed by atoms with Crippen LogP contribution in [0.25, 0.3) is 0 Å². The van der Waals surface area contributed by atoms with Crippen molar-refractivity contribution in [2.75, 3.05) is 60.0 Å². The predicted octanol–water partition coefficient (Wildman–Crippen LogP) is 15.8. The predicted molar refractivity (Wildman–Crippen MR) is 311 cm³/mol. The first-order valence-electron chi connectivity index (χ1n) is 32.2. The number of rotatable bonds is 49. The van der Waals surface area contributed by atoms with Gasteiger partial charge in [0.15, 0.2) is 0 Å². The minimum absolute atomic E-state index is 0.0445. The first-order chi connectivity index (χ1) is 36.3. The monoisotopic (exact) mass is 1060 g/mol. The zero-order chi connectivity index (χ0) is 54.8. The van der Waals surface area contributed by atoms with E-state index in [0.29, 0.717) is 51.6 Å². The number of ether oxygens (including phenoxy) is 4. The Balaban J connectivity index is 1.80. The number of esters is 4. The molecule has 0 aromatic rings. The average molecular weight is 1060 g/mol. The van der Waals surface area contributed by atoms with Crippen molar-refractivity contribution in [3.05, 3.63) is 0 Å². The fourth-order valence-corrected chi connectivity index (χ4v) is 11.4. The van der Waals surface area contributed by atoms with Gasteiger partial charge in [0.2, 0.25) is 0 Å². The maximum atomic E-state index is 13.7. The SMILES string of the molecule is CCCCCCCCC(CCCCCCCC)OC(=O)CCCCCCCOC(=O)[C@@H]1C[C@H](OC(=O)CCN(C)C2CCN(C)CC2)CN1CCCCCCC(C)(C)C(=O)OCCCC(CCCCC)CCCCC. The molecule has 0 saturated carbocycles. The van der Waals surface area contributed by atoms with E-state index in [0.717, 1.165) is 141 Å². The number of hydrogen-bond acceptors (Lipinski definition) is 11. The molecule has 11 nitrogen and oxygen atoms in total. The lowest BCUT2D eigenvalue weighted by Crippen LogP contribution is -2.42. The van der Waals surface area contributed by atoms with Gasteiger partial charge in [-0.2, -0.15) is 0 Å². The minimum atomic E-state index is -0.512. The van der Waals surface area contributed by atoms with Gasteiger partial charge >= 0.3 is 23.9 Å². The number of hydrogen-bond donors (Lipinski definition) is 0. The second-order valence-corrected chi connectivity index (χ2v) is 24.2. The highest BCUT2D eigenvalue weighted by Crippen LogP contribution is 2.29. The average Bonchev–Trinajstić information content (AvgIpc) is 3.80. The summed E-state index contributed by atoms with van der Waals surface area (Å²) in [5.74, 6) is 0.202. The van der Waals surface area contributed by atoms with E-state index >= 15 is 0 Å². The van der Waals surface area contributed by atoms with Crippen LogP contribution in [-0.2, 0) is 38.1 Å². The Bertz CT molecular complexity index is 1390. The van der Waals surface area contributed by atoms with Crippen molar-refractivity contribution in [3.8, 4) is 0 Å². The van der Waals surface area contributed by atoms with Crippen molar-refractivity contribution < 1.29 is 38.1 Å². The topological polar surface area (TPSA) is 115 Å². The molecule has 2 rings (SSSR count). The summed E-state index contributed by atoms with van der Waals surface area (Å²) in [5.41, 5.74) is -0.512. The van der Waals surface area contributed by atoms with Gasteiger partial charge in [-0.05, 0) is 131 Å². The van der Waals surface area contributed by atoms with E-state index in [1.54, 1.807) is 0 Å². The smallest absolute Gasteiger partial charge is 0.323 e. The summed E-state index contributed by atoms with van der Waals surface area (Å²) in [5, 5.41) is 0. The maximum Gasteiger partial charge on any atom is 0.323 e. The molecule has 2 saturated heterocycles. The van der Waals surface area contributed by atoms with Gasteiger partial charge in [-0.3, -0.25) is 24.1 Å². The van der Waals surface area contributed by atoms with Crippen molar-refractivity contribution in [2.24, 2.45) is 11.3 Å². The molecule has 0 bridgehead atoms. The van der Waals surface area contributed by atoms with Gasteiger partial charge in [0.25, 0.3) is 0 Å². The van der Waals surface area contributed by atoms with E-state index in [2.05, 4.69) is 56.5 Å². The van der Waals surface area contributed by atoms with Crippen LogP contribution in [0.1, 0.15) is 292 Å². The van der Waals surface area contributed by atoms with E-state index in [9.17, 15) is 19.2 Å². The molecule has 2 fully saturated rings. The molecule has 0 amide bonds. The molecule has 2 aliphatic heterocycles. The molecule has 0 spiro atoms. The summed E-state index contributed by atoms with van der Waals surface area (Å²) in [4.78, 5) is 59.8. The summed E-state index contributed by atoms with van der Waals surface area (Å²) in [6.07, 6.45) is 41.8. The molecule has 0 aliphatic carbocycles. The Morgan fingerprint density at radius 1 is 0.573 bits per heavy atom. The third kappa shape index (κ3) is 34.4. The lowest BCUT2D eigenvalue weighted by molar-refractivity contribution is -0.154. The van der Waals surface area contributed by atoms with Gasteiger partial charge in [0.05, 0.1) is 25.0 Å². The van der Waals surface area contributed by atoms with E-state index in [4.69, 9.17) is 18.9 Å². The number of nitrogens with zero attached hydrogens (tertiary/aromatic N) is 3. The molecular formula is C64H121N3O8. The fourth-order valence-electron chi connectivity index (χ4n) is 11.4. The highest BCUT2D eigenvalue weighted by atomic mass is 16.6. The van der Waals surface area contributed by atoms with Gasteiger partial charge in [-0.15, -0.1) is 0 Å². The summed E-state index contributed by atoms with van der Waals surface area (Å²) >= 11 is 0. The second-order valence-electron chi connectivity index (χ2n) is 24.2. The van der Waals surface area contributed by atoms with Crippen LogP contribution < -0.4 is 0 Å². The fraction of sp³-hybridized carbons (Fsp3) is 0.938. The summed E-state index contributed by atoms with van der Waals surface area (Å²) in [7, 11) is 4.28. The highest BCUT2D eigenvalue weighted by Gasteiger charge is 2.39. The van der Waals surface area contributed by atoms with Crippen LogP contribution in [0.2, 0.25) is 0 Å². The minimum Gasteiger partial charge on any atom is -0.465 e. The maximum absolute atomic E-state index is 13.7. The van der Waals surface area contributed by atoms with Crippen LogP contribution in [0.5, 0.6) is 0 Å². The third-order valence-corrected chi connectivity index (χ3v) is 16.7. The lowest BCUT2D eigenvalue weighted by Gasteiger charge is -2.35. The van der Waals surface area contributed by atoms with E-state index in [-0.39, 0.29) is 36.1 Å². The van der Waals surface area contributed by atoms with E-state index in [1.807, 2.05) is 13.8 Å². The molecule has 0 aromatic heterocycles. The zero-order valence-electron chi connectivity index (χ0n) is 50.5. The summed E-state index contributed by atoms with van der Waals surface area (Å²) in [6, 6.07) is 0.0573. The van der Waals surface area contributed by atoms with Crippen LogP contribution in [-0.4, -0.2) is 123 Å². The summed E-state index contributed by atoms with van der Waals surface area (Å²) in [6.45, 7) is 18.1. The highest BCUT2D eigenvalue weighted by molar-refractivity contribution is 5.77. The van der Waals surface area contributed by atoms with Crippen LogP contribution in [0.3, 0.4) is 0 Å². The molecule has 0 N–H and O–H groups in total. The van der Waals surface area contributed by atoms with E-state index < -0.39 is 11.5 Å². The number of likely N-dealkylation sites (tertiary alicyclic amines) is 2. The standard InChI is InChI=1S/C64H121N3O8/c1-9-13-17-19-22-30-40-57(41-31-23-20-18-14-10-2)74-60(68)42-32-24-21-27-35-51-72-62(70)59-53-58(75-61(69)45-50-66(8)56-43-48-65(7)49-44-56)54-67(59)47-34-26-25-33-46-64(5,6)63(71)73-52-36-39-55(37-28-15-11-3)38-29-16-12-4/h55-59H,9-54H2,1-8H3/t58-,59-/m0/s1. The first kappa shape index (κ1) is 68.9. The summed E-state index contributed by atoms with van der Waals surface area (Å²) < 4.78 is 23.9. The molecule has 2 aliphatic rings. The molecule has 75 heavy (non-hydrogen) atoms. The van der Waals surface area contributed by atoms with Crippen LogP contribution in [0, 0.1) is 11.3 Å². The number of unbranched alkanes of at least 4 members (excludes halogenated alkanes) is 21. The van der Waals surface area contributed by atoms with Crippen molar-refractivity contribution in [3.63, 3.8) is 0 Å². The van der Waals surface area contributed by atoms with Crippen molar-refractivity contribution in [1.82, 2.24) is 14.7 Å². The first-order valence-corrected chi connectivity index (χ1v) is 32.2. The second kappa shape index (κ2) is 44.6. The Morgan fingerprint density at radius 2 is 1.08 bits per heavy atom. The van der Waals surface area contributed by atoms with Crippen LogP contribution in [0.4, 0.5) is 0 Å². The Hall–Kier alpha value is -2.24. The van der Waals surface area contributed by atoms with E-state index in [1.165, 1.54) is 116 Å². The number of carbonyl (C=O) groups is 4. The van der Waals surface area contributed by atoms with Crippen molar-refractivity contribution in [2.45, 2.75) is 316 Å². The molecule has 0 unspecified atom stereocenters. The molecule has 440 valence electrons. The van der Waals surface area contributed by atoms with Gasteiger partial charge < -0.3 is 28.7 Å². The molecule has 2 atom stereocenters. The zero-order valence-corrected chi connectivity index (χ0v) is 50.5. The quantitative estimate of drug-likeness (QED) is 0.0329. The van der Waals surface area contributed by atoms with Gasteiger partial charge in [-0.25, -0.2) is 0 Å². The molecule has 2 heterocycles. The molecule has 0 radical (unpaired) electrons. The molecule has 0 aromatic carbocycles. The largest absolute Gasteiger partial charge is 0.465 e. The Labute approximate surface area is 462 Å². The third-order valence-electron chi connectivity index (χ3n) is 16.7. The normalized spacial score (nSPS) is 16.9. The Morgan fingerprint density at radius 3 is 1.71 bits per heavy atom. The van der Waals surface area contributed by atoms with Gasteiger partial charge in [0.1, 0.15) is 18.2 Å². The van der Waals surface area contributed by atoms with Crippen molar-refractivity contribution in [1.29, 1.82) is 0 Å².